The van der Waals surface area contributed by atoms with E-state index in [1.54, 1.807) is 0 Å². The van der Waals surface area contributed by atoms with Gasteiger partial charge in [-0.3, -0.25) is 10.1 Å². The number of benzene rings is 2. The Morgan fingerprint density at radius 3 is 2.81 bits per heavy atom. The van der Waals surface area contributed by atoms with Crippen LogP contribution in [-0.4, -0.2) is 17.7 Å². The van der Waals surface area contributed by atoms with E-state index in [-0.39, 0.29) is 0 Å². The molecule has 0 amide bonds. The molecule has 0 spiro atoms. The van der Waals surface area contributed by atoms with E-state index in [1.807, 2.05) is 42.5 Å². The van der Waals surface area contributed by atoms with Crippen LogP contribution in [0.3, 0.4) is 0 Å². The minimum atomic E-state index is -0.870. The first kappa shape index (κ1) is 13.6. The van der Waals surface area contributed by atoms with Crippen LogP contribution in [0, 0.1) is 0 Å². The minimum Gasteiger partial charge on any atom is -0.493 e. The number of hydrogen-bond acceptors (Lipinski definition) is 3. The van der Waals surface area contributed by atoms with E-state index in [0.29, 0.717) is 6.54 Å². The summed E-state index contributed by atoms with van der Waals surface area (Å²) < 4.78 is 5.47. The molecule has 0 aromatic heterocycles. The zero-order valence-corrected chi connectivity index (χ0v) is 11.6. The average Bonchev–Trinajstić information content (AvgIpc) is 2.96. The number of hydrogen-bond donors (Lipinski definition) is 2. The highest BCUT2D eigenvalue weighted by Crippen LogP contribution is 2.26. The Morgan fingerprint density at radius 2 is 2.05 bits per heavy atom. The van der Waals surface area contributed by atoms with Crippen molar-refractivity contribution in [3.63, 3.8) is 0 Å². The van der Waals surface area contributed by atoms with E-state index in [1.165, 1.54) is 5.56 Å². The predicted molar refractivity (Wildman–Crippen MR) is 79.3 cm³/mol. The number of carboxylic acid groups (broad SMARTS) is 1. The first-order valence-corrected chi connectivity index (χ1v) is 7.00. The summed E-state index contributed by atoms with van der Waals surface area (Å²) in [6.45, 7) is 1.24. The largest absolute Gasteiger partial charge is 0.493 e. The molecule has 1 unspecified atom stereocenters. The molecule has 0 aliphatic carbocycles. The second-order valence-corrected chi connectivity index (χ2v) is 5.10. The van der Waals surface area contributed by atoms with Gasteiger partial charge in [-0.2, -0.15) is 0 Å². The molecule has 0 bridgehead atoms. The Balaban J connectivity index is 1.71. The first-order valence-electron chi connectivity index (χ1n) is 7.00. The van der Waals surface area contributed by atoms with Crippen LogP contribution in [0.25, 0.3) is 0 Å². The van der Waals surface area contributed by atoms with Crippen LogP contribution in [0.4, 0.5) is 0 Å². The molecule has 0 saturated heterocycles. The maximum Gasteiger partial charge on any atom is 0.325 e. The van der Waals surface area contributed by atoms with Crippen molar-refractivity contribution >= 4 is 5.97 Å². The molecule has 1 aliphatic rings. The van der Waals surface area contributed by atoms with Crippen molar-refractivity contribution in [2.45, 2.75) is 19.0 Å². The van der Waals surface area contributed by atoms with Crippen LogP contribution in [0.2, 0.25) is 0 Å². The summed E-state index contributed by atoms with van der Waals surface area (Å²) in [5, 5.41) is 12.5. The highest BCUT2D eigenvalue weighted by molar-refractivity contribution is 5.75. The summed E-state index contributed by atoms with van der Waals surface area (Å²) in [7, 11) is 0. The number of nitrogens with one attached hydrogen (secondary N) is 1. The van der Waals surface area contributed by atoms with Crippen LogP contribution in [0.1, 0.15) is 22.7 Å². The van der Waals surface area contributed by atoms with Gasteiger partial charge in [0.15, 0.2) is 0 Å². The number of rotatable bonds is 5. The monoisotopic (exact) mass is 283 g/mol. The fourth-order valence-electron chi connectivity index (χ4n) is 2.56. The van der Waals surface area contributed by atoms with E-state index in [0.717, 1.165) is 29.9 Å². The zero-order chi connectivity index (χ0) is 14.7. The number of carboxylic acids is 1. The summed E-state index contributed by atoms with van der Waals surface area (Å²) in [5.74, 6) is 0.0716. The van der Waals surface area contributed by atoms with E-state index in [9.17, 15) is 9.90 Å². The second kappa shape index (κ2) is 5.97. The van der Waals surface area contributed by atoms with Gasteiger partial charge in [0.25, 0.3) is 0 Å². The molecule has 1 aliphatic heterocycles. The molecular weight excluding hydrogens is 266 g/mol. The smallest absolute Gasteiger partial charge is 0.325 e. The fourth-order valence-corrected chi connectivity index (χ4v) is 2.56. The summed E-state index contributed by atoms with van der Waals surface area (Å²) >= 11 is 0. The third kappa shape index (κ3) is 3.06. The van der Waals surface area contributed by atoms with E-state index in [4.69, 9.17) is 4.74 Å². The summed E-state index contributed by atoms with van der Waals surface area (Å²) in [6.07, 6.45) is 0.921. The molecule has 1 heterocycles. The molecule has 2 N–H and O–H groups in total. The number of aliphatic carboxylic acids is 1. The molecule has 0 radical (unpaired) electrons. The third-order valence-electron chi connectivity index (χ3n) is 3.64. The highest BCUT2D eigenvalue weighted by atomic mass is 16.5. The lowest BCUT2D eigenvalue weighted by atomic mass is 10.1. The predicted octanol–water partition coefficient (Wildman–Crippen LogP) is 2.54. The molecule has 4 heteroatoms. The number of fused-ring (bicyclic) bond motifs is 1. The molecule has 2 aromatic carbocycles. The van der Waals surface area contributed by atoms with Crippen LogP contribution in [0.15, 0.2) is 48.5 Å². The Bertz CT molecular complexity index is 640. The zero-order valence-electron chi connectivity index (χ0n) is 11.6. The summed E-state index contributed by atoms with van der Waals surface area (Å²) in [5.41, 5.74) is 3.02. The molecule has 3 rings (SSSR count). The Kier molecular flexibility index (Phi) is 3.88. The molecule has 0 saturated carbocycles. The lowest BCUT2D eigenvalue weighted by Gasteiger charge is -2.15. The van der Waals surface area contributed by atoms with Gasteiger partial charge in [0.05, 0.1) is 6.61 Å². The SMILES string of the molecule is O=C(O)C(NCc1ccc2c(c1)CCO2)c1ccccc1. The standard InChI is InChI=1S/C17H17NO3/c19-17(20)16(13-4-2-1-3-5-13)18-11-12-6-7-15-14(10-12)8-9-21-15/h1-7,10,16,18H,8-9,11H2,(H,19,20). The van der Waals surface area contributed by atoms with Crippen molar-refractivity contribution in [1.29, 1.82) is 0 Å². The first-order chi connectivity index (χ1) is 10.2. The molecule has 2 aromatic rings. The number of carbonyl (C=O) groups is 1. The number of ether oxygens (including phenoxy) is 1. The van der Waals surface area contributed by atoms with Gasteiger partial charge in [-0.1, -0.05) is 42.5 Å². The second-order valence-electron chi connectivity index (χ2n) is 5.10. The molecule has 108 valence electrons. The van der Waals surface area contributed by atoms with Gasteiger partial charge in [-0.25, -0.2) is 0 Å². The highest BCUT2D eigenvalue weighted by Gasteiger charge is 2.19. The lowest BCUT2D eigenvalue weighted by molar-refractivity contribution is -0.139. The van der Waals surface area contributed by atoms with Crippen LogP contribution >= 0.6 is 0 Å². The fraction of sp³-hybridized carbons (Fsp3) is 0.235. The van der Waals surface area contributed by atoms with Crippen molar-refractivity contribution in [2.24, 2.45) is 0 Å². The van der Waals surface area contributed by atoms with Crippen molar-refractivity contribution in [2.75, 3.05) is 6.61 Å². The topological polar surface area (TPSA) is 58.6 Å². The maximum atomic E-state index is 11.4. The van der Waals surface area contributed by atoms with Gasteiger partial charge in [0.1, 0.15) is 11.8 Å². The molecule has 21 heavy (non-hydrogen) atoms. The molecule has 4 nitrogen and oxygen atoms in total. The molecular formula is C17H17NO3. The minimum absolute atomic E-state index is 0.513. The van der Waals surface area contributed by atoms with Gasteiger partial charge < -0.3 is 9.84 Å². The lowest BCUT2D eigenvalue weighted by Crippen LogP contribution is -2.28. The Morgan fingerprint density at radius 1 is 1.24 bits per heavy atom. The summed E-state index contributed by atoms with van der Waals surface area (Å²) in [6, 6.07) is 14.5. The van der Waals surface area contributed by atoms with Gasteiger partial charge in [-0.15, -0.1) is 0 Å². The average molecular weight is 283 g/mol. The van der Waals surface area contributed by atoms with Crippen molar-refractivity contribution in [1.82, 2.24) is 5.32 Å². The van der Waals surface area contributed by atoms with Crippen LogP contribution in [0.5, 0.6) is 5.75 Å². The van der Waals surface area contributed by atoms with Gasteiger partial charge in [-0.05, 0) is 22.8 Å². The van der Waals surface area contributed by atoms with Crippen LogP contribution < -0.4 is 10.1 Å². The van der Waals surface area contributed by atoms with E-state index < -0.39 is 12.0 Å². The maximum absolute atomic E-state index is 11.4. The Labute approximate surface area is 123 Å². The van der Waals surface area contributed by atoms with Crippen LogP contribution in [-0.2, 0) is 17.8 Å². The van der Waals surface area contributed by atoms with E-state index >= 15 is 0 Å². The van der Waals surface area contributed by atoms with Gasteiger partial charge in [0.2, 0.25) is 0 Å². The van der Waals surface area contributed by atoms with Gasteiger partial charge in [0, 0.05) is 13.0 Å². The van der Waals surface area contributed by atoms with Crippen molar-refractivity contribution in [3.05, 3.63) is 65.2 Å². The van der Waals surface area contributed by atoms with Crippen molar-refractivity contribution in [3.8, 4) is 5.75 Å². The normalized spacial score (nSPS) is 14.3. The van der Waals surface area contributed by atoms with Crippen molar-refractivity contribution < 1.29 is 14.6 Å². The summed E-state index contributed by atoms with van der Waals surface area (Å²) in [4.78, 5) is 11.4. The Hall–Kier alpha value is -2.33. The quantitative estimate of drug-likeness (QED) is 0.885. The molecule has 0 fully saturated rings. The van der Waals surface area contributed by atoms with Gasteiger partial charge >= 0.3 is 5.97 Å². The van der Waals surface area contributed by atoms with E-state index in [2.05, 4.69) is 11.4 Å². The molecule has 1 atom stereocenters. The third-order valence-corrected chi connectivity index (χ3v) is 3.64.